The van der Waals surface area contributed by atoms with Gasteiger partial charge in [0.25, 0.3) is 0 Å². The number of nitrogens with zero attached hydrogens (tertiary/aromatic N) is 6. The molecule has 0 amide bonds. The highest BCUT2D eigenvalue weighted by Crippen LogP contribution is 2.26. The number of hydrogen-bond donors (Lipinski definition) is 0. The second-order valence-corrected chi connectivity index (χ2v) is 4.30. The average molecular weight is 289 g/mol. The molecule has 2 heterocycles. The fourth-order valence-electron chi connectivity index (χ4n) is 1.57. The van der Waals surface area contributed by atoms with Crippen molar-refractivity contribution in [3.05, 3.63) is 47.6 Å². The molecule has 8 heteroatoms. The van der Waals surface area contributed by atoms with Gasteiger partial charge < -0.3 is 4.74 Å². The minimum atomic E-state index is 0.375. The molecule has 20 heavy (non-hydrogen) atoms. The van der Waals surface area contributed by atoms with E-state index < -0.39 is 0 Å². The molecule has 7 nitrogen and oxygen atoms in total. The molecule has 1 aromatic carbocycles. The van der Waals surface area contributed by atoms with Crippen LogP contribution in [-0.2, 0) is 0 Å². The molecule has 0 atom stereocenters. The largest absolute Gasteiger partial charge is 0.439 e. The van der Waals surface area contributed by atoms with Gasteiger partial charge in [-0.1, -0.05) is 11.6 Å². The topological polar surface area (TPSA) is 78.6 Å². The molecule has 2 aromatic heterocycles. The van der Waals surface area contributed by atoms with Gasteiger partial charge in [0.05, 0.1) is 5.69 Å². The van der Waals surface area contributed by atoms with E-state index in [1.807, 2.05) is 12.1 Å². The Kier molecular flexibility index (Phi) is 3.26. The number of rotatable bonds is 3. The molecule has 0 bridgehead atoms. The van der Waals surface area contributed by atoms with E-state index in [1.165, 1.54) is 12.7 Å². The predicted octanol–water partition coefficient (Wildman–Crippen LogP) is 2.21. The highest BCUT2D eigenvalue weighted by Gasteiger charge is 2.07. The van der Waals surface area contributed by atoms with Crippen LogP contribution < -0.4 is 4.74 Å². The van der Waals surface area contributed by atoms with Crippen LogP contribution in [0.25, 0.3) is 5.69 Å². The summed E-state index contributed by atoms with van der Waals surface area (Å²) in [6, 6.07) is 7.27. The van der Waals surface area contributed by atoms with Crippen molar-refractivity contribution in [3.8, 4) is 17.3 Å². The van der Waals surface area contributed by atoms with Crippen LogP contribution in [0.4, 0.5) is 0 Å². The summed E-state index contributed by atoms with van der Waals surface area (Å²) in [4.78, 5) is 7.93. The summed E-state index contributed by atoms with van der Waals surface area (Å²) in [5.74, 6) is 1.07. The number of benzene rings is 1. The number of hydrogen-bond acceptors (Lipinski definition) is 6. The average Bonchev–Trinajstić information content (AvgIpc) is 2.99. The van der Waals surface area contributed by atoms with Crippen LogP contribution in [0.1, 0.15) is 5.56 Å². The molecule has 3 aromatic rings. The summed E-state index contributed by atoms with van der Waals surface area (Å²) >= 11 is 5.92. The lowest BCUT2D eigenvalue weighted by Crippen LogP contribution is -1.96. The van der Waals surface area contributed by atoms with Crippen molar-refractivity contribution in [2.45, 2.75) is 6.92 Å². The zero-order valence-electron chi connectivity index (χ0n) is 10.4. The van der Waals surface area contributed by atoms with Crippen molar-refractivity contribution < 1.29 is 4.74 Å². The first-order valence-corrected chi connectivity index (χ1v) is 6.10. The molecule has 100 valence electrons. The van der Waals surface area contributed by atoms with Crippen LogP contribution in [-0.4, -0.2) is 30.2 Å². The van der Waals surface area contributed by atoms with E-state index in [1.54, 1.807) is 23.7 Å². The SMILES string of the molecule is Cc1c(Cl)ncnc1Oc1ccc(-n2cnnn2)cc1. The Hall–Kier alpha value is -2.54. The molecule has 0 aliphatic heterocycles. The minimum Gasteiger partial charge on any atom is -0.439 e. The van der Waals surface area contributed by atoms with Gasteiger partial charge in [-0.05, 0) is 41.6 Å². The molecule has 0 N–H and O–H groups in total. The smallest absolute Gasteiger partial charge is 0.226 e. The quantitative estimate of drug-likeness (QED) is 0.688. The van der Waals surface area contributed by atoms with Gasteiger partial charge in [-0.2, -0.15) is 0 Å². The van der Waals surface area contributed by atoms with Gasteiger partial charge in [0.1, 0.15) is 23.6 Å². The third kappa shape index (κ3) is 2.43. The molecule has 0 spiro atoms. The van der Waals surface area contributed by atoms with Gasteiger partial charge in [0.2, 0.25) is 5.88 Å². The predicted molar refractivity (Wildman–Crippen MR) is 71.0 cm³/mol. The summed E-state index contributed by atoms with van der Waals surface area (Å²) in [5.41, 5.74) is 1.53. The van der Waals surface area contributed by atoms with E-state index in [2.05, 4.69) is 25.5 Å². The third-order valence-corrected chi connectivity index (χ3v) is 3.02. The van der Waals surface area contributed by atoms with E-state index in [0.717, 1.165) is 5.69 Å². The normalized spacial score (nSPS) is 10.5. The number of tetrazole rings is 1. The maximum Gasteiger partial charge on any atom is 0.226 e. The van der Waals surface area contributed by atoms with Crippen molar-refractivity contribution in [1.29, 1.82) is 0 Å². The van der Waals surface area contributed by atoms with Gasteiger partial charge in [-0.3, -0.25) is 0 Å². The van der Waals surface area contributed by atoms with Gasteiger partial charge >= 0.3 is 0 Å². The van der Waals surface area contributed by atoms with E-state index in [4.69, 9.17) is 16.3 Å². The third-order valence-electron chi connectivity index (χ3n) is 2.64. The summed E-state index contributed by atoms with van der Waals surface area (Å²) in [5, 5.41) is 11.3. The highest BCUT2D eigenvalue weighted by atomic mass is 35.5. The molecule has 0 unspecified atom stereocenters. The Balaban J connectivity index is 1.83. The summed E-state index contributed by atoms with van der Waals surface area (Å²) in [7, 11) is 0. The maximum atomic E-state index is 5.92. The molecule has 0 radical (unpaired) electrons. The van der Waals surface area contributed by atoms with Crippen molar-refractivity contribution in [1.82, 2.24) is 30.2 Å². The summed E-state index contributed by atoms with van der Waals surface area (Å²) < 4.78 is 7.22. The van der Waals surface area contributed by atoms with Crippen molar-refractivity contribution in [3.63, 3.8) is 0 Å². The van der Waals surface area contributed by atoms with Crippen LogP contribution in [0.2, 0.25) is 5.15 Å². The first-order chi connectivity index (χ1) is 9.74. The molecule has 3 rings (SSSR count). The fraction of sp³-hybridized carbons (Fsp3) is 0.0833. The highest BCUT2D eigenvalue weighted by molar-refractivity contribution is 6.30. The van der Waals surface area contributed by atoms with Crippen molar-refractivity contribution in [2.24, 2.45) is 0 Å². The Morgan fingerprint density at radius 1 is 1.15 bits per heavy atom. The van der Waals surface area contributed by atoms with Crippen LogP contribution in [0.3, 0.4) is 0 Å². The molecule has 0 aliphatic carbocycles. The standard InChI is InChI=1S/C12H9ClN6O/c1-8-11(13)14-6-15-12(8)20-10-4-2-9(3-5-10)19-7-16-17-18-19/h2-7H,1H3. The summed E-state index contributed by atoms with van der Waals surface area (Å²) in [6.45, 7) is 1.80. The van der Waals surface area contributed by atoms with Crippen LogP contribution in [0.5, 0.6) is 11.6 Å². The molecular formula is C12H9ClN6O. The van der Waals surface area contributed by atoms with Gasteiger partial charge in [-0.15, -0.1) is 5.10 Å². The van der Waals surface area contributed by atoms with Crippen LogP contribution in [0, 0.1) is 6.92 Å². The first-order valence-electron chi connectivity index (χ1n) is 5.72. The zero-order valence-corrected chi connectivity index (χ0v) is 11.2. The summed E-state index contributed by atoms with van der Waals surface area (Å²) in [6.07, 6.45) is 2.88. The van der Waals surface area contributed by atoms with Crippen LogP contribution >= 0.6 is 11.6 Å². The Labute approximate surface area is 119 Å². The van der Waals surface area contributed by atoms with Gasteiger partial charge in [-0.25, -0.2) is 14.6 Å². The molecule has 0 saturated heterocycles. The molecule has 0 saturated carbocycles. The lowest BCUT2D eigenvalue weighted by atomic mass is 10.3. The number of aromatic nitrogens is 6. The molecule has 0 fully saturated rings. The Bertz CT molecular complexity index is 713. The van der Waals surface area contributed by atoms with Gasteiger partial charge in [0, 0.05) is 5.56 Å². The Morgan fingerprint density at radius 3 is 2.65 bits per heavy atom. The van der Waals surface area contributed by atoms with E-state index in [9.17, 15) is 0 Å². The van der Waals surface area contributed by atoms with E-state index >= 15 is 0 Å². The fourth-order valence-corrected chi connectivity index (χ4v) is 1.70. The number of halogens is 1. The van der Waals surface area contributed by atoms with E-state index in [-0.39, 0.29) is 0 Å². The van der Waals surface area contributed by atoms with Crippen molar-refractivity contribution in [2.75, 3.05) is 0 Å². The number of ether oxygens (including phenoxy) is 1. The zero-order chi connectivity index (χ0) is 13.9. The van der Waals surface area contributed by atoms with Gasteiger partial charge in [0.15, 0.2) is 0 Å². The molecular weight excluding hydrogens is 280 g/mol. The maximum absolute atomic E-state index is 5.92. The van der Waals surface area contributed by atoms with E-state index in [0.29, 0.717) is 22.3 Å². The second-order valence-electron chi connectivity index (χ2n) is 3.94. The molecule has 0 aliphatic rings. The lowest BCUT2D eigenvalue weighted by Gasteiger charge is -2.08. The first kappa shape index (κ1) is 12.5. The van der Waals surface area contributed by atoms with Crippen molar-refractivity contribution >= 4 is 11.6 Å². The van der Waals surface area contributed by atoms with Crippen LogP contribution in [0.15, 0.2) is 36.9 Å². The second kappa shape index (κ2) is 5.22. The Morgan fingerprint density at radius 2 is 1.95 bits per heavy atom. The minimum absolute atomic E-state index is 0.375. The monoisotopic (exact) mass is 288 g/mol. The lowest BCUT2D eigenvalue weighted by molar-refractivity contribution is 0.457.